The Morgan fingerprint density at radius 2 is 2.24 bits per heavy atom. The average Bonchev–Trinajstić information content (AvgIpc) is 2.98. The van der Waals surface area contributed by atoms with E-state index < -0.39 is 0 Å². The maximum absolute atomic E-state index is 4.27. The van der Waals surface area contributed by atoms with Gasteiger partial charge in [-0.25, -0.2) is 4.98 Å². The maximum Gasteiger partial charge on any atom is 0.130 e. The highest BCUT2D eigenvalue weighted by Gasteiger charge is 2.08. The Labute approximate surface area is 104 Å². The number of H-pyrrole nitrogens is 1. The van der Waals surface area contributed by atoms with Crippen LogP contribution >= 0.6 is 0 Å². The standard InChI is InChI=1S/C12H14N2.C3H8/c1-2-3-8-12-13-9-11(14-12)10-6-4-5-7-10;1-3-2/h2-3,6,8-9H,1,4-5,7H2,(H,13,14);3H2,1-2H3/b8-3-;. The van der Waals surface area contributed by atoms with Crippen LogP contribution in [0.4, 0.5) is 0 Å². The van der Waals surface area contributed by atoms with Gasteiger partial charge in [-0.1, -0.05) is 45.1 Å². The third kappa shape index (κ3) is 4.43. The second kappa shape index (κ2) is 7.66. The molecule has 0 saturated carbocycles. The number of hydrogen-bond donors (Lipinski definition) is 1. The molecule has 1 N–H and O–H groups in total. The summed E-state index contributed by atoms with van der Waals surface area (Å²) in [4.78, 5) is 7.54. The summed E-state index contributed by atoms with van der Waals surface area (Å²) < 4.78 is 0. The highest BCUT2D eigenvalue weighted by atomic mass is 14.9. The summed E-state index contributed by atoms with van der Waals surface area (Å²) in [6, 6.07) is 0. The fourth-order valence-electron chi connectivity index (χ4n) is 1.66. The Hall–Kier alpha value is -1.57. The minimum absolute atomic E-state index is 0.896. The molecule has 1 aliphatic rings. The molecule has 0 spiro atoms. The molecular weight excluding hydrogens is 208 g/mol. The van der Waals surface area contributed by atoms with Crippen molar-refractivity contribution in [1.82, 2.24) is 9.97 Å². The number of aromatic amines is 1. The summed E-state index contributed by atoms with van der Waals surface area (Å²) in [6.45, 7) is 7.87. The topological polar surface area (TPSA) is 28.7 Å². The smallest absolute Gasteiger partial charge is 0.130 e. The van der Waals surface area contributed by atoms with Crippen molar-refractivity contribution in [3.63, 3.8) is 0 Å². The molecule has 2 heteroatoms. The van der Waals surface area contributed by atoms with Gasteiger partial charge in [-0.15, -0.1) is 0 Å². The van der Waals surface area contributed by atoms with E-state index in [9.17, 15) is 0 Å². The summed E-state index contributed by atoms with van der Waals surface area (Å²) in [5.74, 6) is 0.896. The van der Waals surface area contributed by atoms with Crippen molar-refractivity contribution in [2.75, 3.05) is 0 Å². The summed E-state index contributed by atoms with van der Waals surface area (Å²) in [5.41, 5.74) is 2.56. The van der Waals surface area contributed by atoms with Crippen LogP contribution in [-0.4, -0.2) is 9.97 Å². The van der Waals surface area contributed by atoms with E-state index >= 15 is 0 Å². The van der Waals surface area contributed by atoms with E-state index in [1.807, 2.05) is 18.3 Å². The van der Waals surface area contributed by atoms with Crippen LogP contribution in [0.5, 0.6) is 0 Å². The molecule has 17 heavy (non-hydrogen) atoms. The van der Waals surface area contributed by atoms with Crippen molar-refractivity contribution in [1.29, 1.82) is 0 Å². The molecule has 1 heterocycles. The SMILES string of the molecule is C=C/C=C\c1ncc(C2=CCCC2)[nH]1.CCC. The fraction of sp³-hybridized carbons (Fsp3) is 0.400. The molecule has 0 atom stereocenters. The van der Waals surface area contributed by atoms with Gasteiger partial charge >= 0.3 is 0 Å². The molecule has 0 fully saturated rings. The molecule has 0 unspecified atom stereocenters. The number of aromatic nitrogens is 2. The quantitative estimate of drug-likeness (QED) is 0.756. The van der Waals surface area contributed by atoms with Gasteiger partial charge < -0.3 is 4.98 Å². The van der Waals surface area contributed by atoms with Crippen LogP contribution < -0.4 is 0 Å². The van der Waals surface area contributed by atoms with Crippen LogP contribution in [0.3, 0.4) is 0 Å². The van der Waals surface area contributed by atoms with Crippen molar-refractivity contribution >= 4 is 11.6 Å². The number of hydrogen-bond acceptors (Lipinski definition) is 1. The summed E-state index contributed by atoms with van der Waals surface area (Å²) in [6.07, 6.45) is 14.6. The zero-order valence-electron chi connectivity index (χ0n) is 10.9. The second-order valence-corrected chi connectivity index (χ2v) is 4.11. The predicted octanol–water partition coefficient (Wildman–Crippen LogP) is 4.59. The van der Waals surface area contributed by atoms with Crippen LogP contribution in [0.25, 0.3) is 11.6 Å². The fourth-order valence-corrected chi connectivity index (χ4v) is 1.66. The first-order valence-corrected chi connectivity index (χ1v) is 6.35. The number of nitrogens with one attached hydrogen (secondary N) is 1. The van der Waals surface area contributed by atoms with Crippen LogP contribution in [0, 0.1) is 0 Å². The highest BCUT2D eigenvalue weighted by molar-refractivity contribution is 5.64. The first-order chi connectivity index (χ1) is 8.31. The largest absolute Gasteiger partial charge is 0.339 e. The van der Waals surface area contributed by atoms with Gasteiger partial charge in [-0.05, 0) is 30.9 Å². The van der Waals surface area contributed by atoms with E-state index in [1.165, 1.54) is 31.3 Å². The van der Waals surface area contributed by atoms with E-state index in [-0.39, 0.29) is 0 Å². The van der Waals surface area contributed by atoms with E-state index in [4.69, 9.17) is 0 Å². The van der Waals surface area contributed by atoms with Gasteiger partial charge in [0.2, 0.25) is 0 Å². The summed E-state index contributed by atoms with van der Waals surface area (Å²) in [7, 11) is 0. The van der Waals surface area contributed by atoms with Crippen molar-refractivity contribution in [3.8, 4) is 0 Å². The van der Waals surface area contributed by atoms with Gasteiger partial charge in [-0.2, -0.15) is 0 Å². The molecule has 1 aromatic rings. The van der Waals surface area contributed by atoms with Crippen LogP contribution in [0.1, 0.15) is 51.0 Å². The highest BCUT2D eigenvalue weighted by Crippen LogP contribution is 2.26. The molecule has 2 nitrogen and oxygen atoms in total. The first kappa shape index (κ1) is 13.5. The van der Waals surface area contributed by atoms with E-state index in [1.54, 1.807) is 6.08 Å². The summed E-state index contributed by atoms with van der Waals surface area (Å²) >= 11 is 0. The van der Waals surface area contributed by atoms with Crippen molar-refractivity contribution in [3.05, 3.63) is 42.5 Å². The Balaban J connectivity index is 0.000000437. The Bertz CT molecular complexity index is 397. The van der Waals surface area contributed by atoms with E-state index in [2.05, 4.69) is 36.5 Å². The number of allylic oxidation sites excluding steroid dienone is 4. The first-order valence-electron chi connectivity index (χ1n) is 6.35. The van der Waals surface area contributed by atoms with E-state index in [0.717, 1.165) is 11.5 Å². The number of nitrogens with zero attached hydrogens (tertiary/aromatic N) is 1. The molecule has 1 aliphatic carbocycles. The predicted molar refractivity (Wildman–Crippen MR) is 75.6 cm³/mol. The van der Waals surface area contributed by atoms with Gasteiger partial charge in [0.25, 0.3) is 0 Å². The molecule has 0 aliphatic heterocycles. The van der Waals surface area contributed by atoms with Crippen LogP contribution in [-0.2, 0) is 0 Å². The molecule has 92 valence electrons. The lowest BCUT2D eigenvalue weighted by Gasteiger charge is -1.94. The van der Waals surface area contributed by atoms with Gasteiger partial charge in [0, 0.05) is 0 Å². The lowest BCUT2D eigenvalue weighted by molar-refractivity contribution is 0.933. The Morgan fingerprint density at radius 1 is 1.47 bits per heavy atom. The molecule has 0 amide bonds. The molecule has 0 aromatic carbocycles. The molecule has 0 radical (unpaired) electrons. The minimum atomic E-state index is 0.896. The summed E-state index contributed by atoms with van der Waals surface area (Å²) in [5, 5.41) is 0. The lowest BCUT2D eigenvalue weighted by Crippen LogP contribution is -1.80. The minimum Gasteiger partial charge on any atom is -0.339 e. The Morgan fingerprint density at radius 3 is 2.82 bits per heavy atom. The van der Waals surface area contributed by atoms with E-state index in [0.29, 0.717) is 0 Å². The van der Waals surface area contributed by atoms with Crippen molar-refractivity contribution in [2.24, 2.45) is 0 Å². The van der Waals surface area contributed by atoms with Gasteiger partial charge in [0.05, 0.1) is 11.9 Å². The second-order valence-electron chi connectivity index (χ2n) is 4.11. The molecule has 1 aromatic heterocycles. The lowest BCUT2D eigenvalue weighted by atomic mass is 10.2. The molecule has 0 saturated heterocycles. The monoisotopic (exact) mass is 230 g/mol. The molecular formula is C15H22N2. The normalized spacial score (nSPS) is 14.4. The van der Waals surface area contributed by atoms with Crippen LogP contribution in [0.15, 0.2) is 31.0 Å². The molecule has 0 bridgehead atoms. The Kier molecular flexibility index (Phi) is 6.08. The zero-order chi connectivity index (χ0) is 12.5. The molecule has 2 rings (SSSR count). The third-order valence-corrected chi connectivity index (χ3v) is 2.37. The van der Waals surface area contributed by atoms with Crippen molar-refractivity contribution < 1.29 is 0 Å². The third-order valence-electron chi connectivity index (χ3n) is 2.37. The zero-order valence-corrected chi connectivity index (χ0v) is 10.9. The number of imidazole rings is 1. The average molecular weight is 230 g/mol. The van der Waals surface area contributed by atoms with Gasteiger partial charge in [-0.3, -0.25) is 0 Å². The van der Waals surface area contributed by atoms with Gasteiger partial charge in [0.15, 0.2) is 0 Å². The van der Waals surface area contributed by atoms with Gasteiger partial charge in [0.1, 0.15) is 5.82 Å². The van der Waals surface area contributed by atoms with Crippen LogP contribution in [0.2, 0.25) is 0 Å². The maximum atomic E-state index is 4.27. The van der Waals surface area contributed by atoms with Crippen molar-refractivity contribution in [2.45, 2.75) is 39.5 Å². The number of rotatable bonds is 3.